The van der Waals surface area contributed by atoms with Crippen LogP contribution in [-0.2, 0) is 15.4 Å². The molecule has 0 bridgehead atoms. The van der Waals surface area contributed by atoms with Gasteiger partial charge in [-0.2, -0.15) is 10.4 Å². The van der Waals surface area contributed by atoms with Crippen molar-refractivity contribution in [2.24, 2.45) is 0 Å². The van der Waals surface area contributed by atoms with Crippen molar-refractivity contribution < 1.29 is 8.42 Å². The maximum Gasteiger partial charge on any atom is 0.250 e. The van der Waals surface area contributed by atoms with Crippen LogP contribution in [0.15, 0.2) is 6.07 Å². The van der Waals surface area contributed by atoms with Crippen LogP contribution in [0.5, 0.6) is 0 Å². The van der Waals surface area contributed by atoms with Crippen LogP contribution in [0.2, 0.25) is 0 Å². The maximum absolute atomic E-state index is 11.6. The third-order valence-corrected chi connectivity index (χ3v) is 3.81. The molecule has 1 aromatic heterocycles. The van der Waals surface area contributed by atoms with Gasteiger partial charge in [-0.15, -0.1) is 0 Å². The summed E-state index contributed by atoms with van der Waals surface area (Å²) in [5, 5.41) is 14.1. The number of aromatic amines is 1. The first-order valence-corrected chi connectivity index (χ1v) is 6.68. The Balaban J connectivity index is 2.92. The second-order valence-corrected chi connectivity index (χ2v) is 6.84. The van der Waals surface area contributed by atoms with Crippen LogP contribution in [0.1, 0.15) is 33.4 Å². The topological polar surface area (TPSA) is 98.6 Å². The van der Waals surface area contributed by atoms with E-state index in [0.29, 0.717) is 0 Å². The molecule has 1 rings (SSSR count). The van der Waals surface area contributed by atoms with E-state index in [1.54, 1.807) is 12.1 Å². The Morgan fingerprint density at radius 3 is 2.53 bits per heavy atom. The summed E-state index contributed by atoms with van der Waals surface area (Å²) in [5.74, 6) is 0.206. The Bertz CT molecular complexity index is 533. The third kappa shape index (κ3) is 3.20. The molecule has 0 aliphatic carbocycles. The van der Waals surface area contributed by atoms with Crippen molar-refractivity contribution in [3.63, 3.8) is 0 Å². The number of nitrogens with one attached hydrogen (secondary N) is 2. The van der Waals surface area contributed by atoms with Crippen LogP contribution in [0.4, 0.5) is 5.82 Å². The zero-order chi connectivity index (χ0) is 13.3. The van der Waals surface area contributed by atoms with E-state index in [2.05, 4.69) is 14.9 Å². The lowest BCUT2D eigenvalue weighted by Crippen LogP contribution is -2.24. The van der Waals surface area contributed by atoms with Gasteiger partial charge in [0, 0.05) is 17.2 Å². The number of nitriles is 1. The third-order valence-electron chi connectivity index (χ3n) is 2.28. The van der Waals surface area contributed by atoms with E-state index in [0.717, 1.165) is 5.69 Å². The molecule has 94 valence electrons. The van der Waals surface area contributed by atoms with Gasteiger partial charge in [-0.3, -0.25) is 9.82 Å². The lowest BCUT2D eigenvalue weighted by molar-refractivity contribution is 0.567. The molecule has 0 fully saturated rings. The van der Waals surface area contributed by atoms with E-state index < -0.39 is 15.3 Å². The van der Waals surface area contributed by atoms with Crippen LogP contribution in [-0.4, -0.2) is 23.9 Å². The zero-order valence-electron chi connectivity index (χ0n) is 10.3. The molecule has 6 nitrogen and oxygen atoms in total. The van der Waals surface area contributed by atoms with Crippen LogP contribution >= 0.6 is 0 Å². The Hall–Kier alpha value is -1.55. The summed E-state index contributed by atoms with van der Waals surface area (Å²) in [6.07, 6.45) is 0. The molecule has 2 N–H and O–H groups in total. The molecule has 1 heterocycles. The molecule has 0 aliphatic rings. The molecular formula is C10H16N4O2S. The highest BCUT2D eigenvalue weighted by Gasteiger charge is 2.23. The van der Waals surface area contributed by atoms with Crippen molar-refractivity contribution in [3.8, 4) is 6.07 Å². The monoisotopic (exact) mass is 256 g/mol. The Labute approximate surface area is 101 Å². The fraction of sp³-hybridized carbons (Fsp3) is 0.600. The summed E-state index contributed by atoms with van der Waals surface area (Å²) >= 11 is 0. The van der Waals surface area contributed by atoms with Crippen molar-refractivity contribution in [3.05, 3.63) is 11.8 Å². The van der Waals surface area contributed by atoms with Crippen molar-refractivity contribution in [2.75, 3.05) is 4.72 Å². The van der Waals surface area contributed by atoms with Crippen molar-refractivity contribution >= 4 is 15.8 Å². The number of anilines is 1. The normalized spacial score (nSPS) is 14.1. The summed E-state index contributed by atoms with van der Waals surface area (Å²) in [7, 11) is -3.69. The summed E-state index contributed by atoms with van der Waals surface area (Å²) in [4.78, 5) is 0. The molecule has 17 heavy (non-hydrogen) atoms. The van der Waals surface area contributed by atoms with Gasteiger partial charge in [-0.05, 0) is 6.92 Å². The van der Waals surface area contributed by atoms with E-state index in [9.17, 15) is 8.42 Å². The Kier molecular flexibility index (Phi) is 3.48. The Morgan fingerprint density at radius 1 is 1.53 bits per heavy atom. The van der Waals surface area contributed by atoms with Crippen molar-refractivity contribution in [1.29, 1.82) is 5.26 Å². The minimum atomic E-state index is -3.69. The van der Waals surface area contributed by atoms with E-state index in [1.165, 1.54) is 6.92 Å². The fourth-order valence-electron chi connectivity index (χ4n) is 1.06. The molecule has 1 atom stereocenters. The fourth-order valence-corrected chi connectivity index (χ4v) is 1.77. The smallest absolute Gasteiger partial charge is 0.250 e. The number of rotatable bonds is 3. The number of hydrogen-bond donors (Lipinski definition) is 2. The molecule has 0 radical (unpaired) electrons. The molecule has 1 aromatic rings. The van der Waals surface area contributed by atoms with E-state index in [-0.39, 0.29) is 11.2 Å². The highest BCUT2D eigenvalue weighted by molar-refractivity contribution is 7.93. The minimum absolute atomic E-state index is 0.141. The quantitative estimate of drug-likeness (QED) is 0.853. The van der Waals surface area contributed by atoms with Crippen molar-refractivity contribution in [2.45, 2.75) is 38.4 Å². The molecule has 0 aliphatic heterocycles. The van der Waals surface area contributed by atoms with Crippen molar-refractivity contribution in [1.82, 2.24) is 10.2 Å². The van der Waals surface area contributed by atoms with Gasteiger partial charge >= 0.3 is 0 Å². The standard InChI is InChI=1S/C10H16N4O2S/c1-7(6-11)17(15,16)14-9-5-8(12-13-9)10(2,3)4/h5,7H,1-4H3,(H2,12,13,14). The highest BCUT2D eigenvalue weighted by Crippen LogP contribution is 2.22. The molecular weight excluding hydrogens is 240 g/mol. The van der Waals surface area contributed by atoms with Gasteiger partial charge in [0.05, 0.1) is 6.07 Å². The molecule has 0 spiro atoms. The van der Waals surface area contributed by atoms with Gasteiger partial charge in [0.1, 0.15) is 0 Å². The predicted molar refractivity (Wildman–Crippen MR) is 64.9 cm³/mol. The zero-order valence-corrected chi connectivity index (χ0v) is 11.1. The van der Waals surface area contributed by atoms with Gasteiger partial charge in [0.2, 0.25) is 10.0 Å². The average molecular weight is 256 g/mol. The van der Waals surface area contributed by atoms with Crippen LogP contribution in [0.25, 0.3) is 0 Å². The molecule has 1 unspecified atom stereocenters. The number of aromatic nitrogens is 2. The first kappa shape index (κ1) is 13.5. The minimum Gasteiger partial charge on any atom is -0.280 e. The Morgan fingerprint density at radius 2 is 2.12 bits per heavy atom. The average Bonchev–Trinajstić information content (AvgIpc) is 2.63. The van der Waals surface area contributed by atoms with E-state index in [1.807, 2.05) is 20.8 Å². The number of H-pyrrole nitrogens is 1. The summed E-state index contributed by atoms with van der Waals surface area (Å²) in [5.41, 5.74) is 0.678. The van der Waals surface area contributed by atoms with Gasteiger partial charge < -0.3 is 0 Å². The lowest BCUT2D eigenvalue weighted by atomic mass is 9.92. The van der Waals surface area contributed by atoms with Crippen LogP contribution in [0.3, 0.4) is 0 Å². The second kappa shape index (κ2) is 4.37. The second-order valence-electron chi connectivity index (χ2n) is 4.84. The first-order chi connectivity index (χ1) is 7.66. The maximum atomic E-state index is 11.6. The molecule has 7 heteroatoms. The van der Waals surface area contributed by atoms with Gasteiger partial charge in [-0.25, -0.2) is 8.42 Å². The summed E-state index contributed by atoms with van der Waals surface area (Å²) in [6, 6.07) is 3.30. The number of hydrogen-bond acceptors (Lipinski definition) is 4. The summed E-state index contributed by atoms with van der Waals surface area (Å²) in [6.45, 7) is 7.27. The highest BCUT2D eigenvalue weighted by atomic mass is 32.2. The number of nitrogens with zero attached hydrogens (tertiary/aromatic N) is 2. The van der Waals surface area contributed by atoms with Crippen LogP contribution in [0, 0.1) is 11.3 Å². The van der Waals surface area contributed by atoms with Gasteiger partial charge in [0.25, 0.3) is 0 Å². The largest absolute Gasteiger partial charge is 0.280 e. The SMILES string of the molecule is CC(C#N)S(=O)(=O)Nc1cc(C(C)(C)C)[nH]n1. The molecule has 0 amide bonds. The predicted octanol–water partition coefficient (Wildman–Crippen LogP) is 1.36. The summed E-state index contributed by atoms with van der Waals surface area (Å²) < 4.78 is 25.5. The van der Waals surface area contributed by atoms with E-state index >= 15 is 0 Å². The lowest BCUT2D eigenvalue weighted by Gasteiger charge is -2.14. The molecule has 0 saturated heterocycles. The van der Waals surface area contributed by atoms with E-state index in [4.69, 9.17) is 5.26 Å². The van der Waals surface area contributed by atoms with Gasteiger partial charge in [0.15, 0.2) is 11.1 Å². The number of sulfonamides is 1. The molecule has 0 aromatic carbocycles. The first-order valence-electron chi connectivity index (χ1n) is 5.14. The molecule has 0 saturated carbocycles. The van der Waals surface area contributed by atoms with Gasteiger partial charge in [-0.1, -0.05) is 20.8 Å². The van der Waals surface area contributed by atoms with Crippen LogP contribution < -0.4 is 4.72 Å².